The van der Waals surface area contributed by atoms with Crippen molar-refractivity contribution in [1.82, 2.24) is 10.2 Å². The summed E-state index contributed by atoms with van der Waals surface area (Å²) in [6.07, 6.45) is 5.40. The van der Waals surface area contributed by atoms with Gasteiger partial charge in [0, 0.05) is 19.0 Å². The summed E-state index contributed by atoms with van der Waals surface area (Å²) < 4.78 is 26.9. The summed E-state index contributed by atoms with van der Waals surface area (Å²) in [6.45, 7) is 3.67. The third-order valence-electron chi connectivity index (χ3n) is 7.58. The summed E-state index contributed by atoms with van der Waals surface area (Å²) in [7, 11) is -3.78. The third kappa shape index (κ3) is 7.72. The Morgan fingerprint density at radius 3 is 2.15 bits per heavy atom. The van der Waals surface area contributed by atoms with Gasteiger partial charge in [0.1, 0.15) is 12.6 Å². The number of rotatable bonds is 11. The van der Waals surface area contributed by atoms with E-state index in [1.807, 2.05) is 80.6 Å². The molecule has 3 aromatic rings. The highest BCUT2D eigenvalue weighted by Crippen LogP contribution is 2.23. The van der Waals surface area contributed by atoms with Crippen LogP contribution in [0.2, 0.25) is 0 Å². The van der Waals surface area contributed by atoms with Crippen molar-refractivity contribution in [1.29, 1.82) is 0 Å². The molecule has 7 nitrogen and oxygen atoms in total. The van der Waals surface area contributed by atoms with Gasteiger partial charge in [0.15, 0.2) is 0 Å². The molecule has 1 N–H and O–H groups in total. The van der Waals surface area contributed by atoms with Crippen LogP contribution in [0.3, 0.4) is 0 Å². The van der Waals surface area contributed by atoms with Gasteiger partial charge >= 0.3 is 0 Å². The van der Waals surface area contributed by atoms with Crippen molar-refractivity contribution in [2.45, 2.75) is 64.6 Å². The second-order valence-electron chi connectivity index (χ2n) is 10.7. The van der Waals surface area contributed by atoms with Crippen LogP contribution in [0.15, 0.2) is 78.9 Å². The molecule has 8 heteroatoms. The van der Waals surface area contributed by atoms with E-state index in [9.17, 15) is 18.0 Å². The number of sulfonamides is 1. The van der Waals surface area contributed by atoms with Crippen LogP contribution in [0, 0.1) is 13.8 Å². The van der Waals surface area contributed by atoms with Crippen molar-refractivity contribution in [2.75, 3.05) is 17.1 Å². The quantitative estimate of drug-likeness (QED) is 0.366. The summed E-state index contributed by atoms with van der Waals surface area (Å²) in [4.78, 5) is 29.6. The fourth-order valence-electron chi connectivity index (χ4n) is 5.22. The van der Waals surface area contributed by atoms with Crippen LogP contribution < -0.4 is 9.62 Å². The van der Waals surface area contributed by atoms with Gasteiger partial charge in [-0.05, 0) is 55.5 Å². The van der Waals surface area contributed by atoms with E-state index >= 15 is 0 Å². The topological polar surface area (TPSA) is 86.8 Å². The minimum atomic E-state index is -3.78. The standard InChI is InChI=1S/C32H39N3O4S/c1-24-17-19-29(20-18-24)35(40(3,38)39)23-31(36)34(22-27-14-8-7-11-25(27)2)30(21-26-12-5-4-6-13-26)32(37)33-28-15-9-10-16-28/h4-8,11-14,17-20,28,30H,9-10,15-16,21-23H2,1-3H3,(H,33,37)/t30-/m0/s1. The van der Waals surface area contributed by atoms with Crippen molar-refractivity contribution < 1.29 is 18.0 Å². The fourth-order valence-corrected chi connectivity index (χ4v) is 6.07. The van der Waals surface area contributed by atoms with Crippen molar-refractivity contribution in [2.24, 2.45) is 0 Å². The average Bonchev–Trinajstić information content (AvgIpc) is 3.44. The summed E-state index contributed by atoms with van der Waals surface area (Å²) >= 11 is 0. The molecule has 212 valence electrons. The number of benzene rings is 3. The predicted molar refractivity (Wildman–Crippen MR) is 159 cm³/mol. The van der Waals surface area contributed by atoms with Gasteiger partial charge in [0.2, 0.25) is 21.8 Å². The molecule has 1 fully saturated rings. The molecule has 0 aliphatic heterocycles. The summed E-state index contributed by atoms with van der Waals surface area (Å²) in [5.41, 5.74) is 4.22. The average molecular weight is 562 g/mol. The molecular weight excluding hydrogens is 522 g/mol. The van der Waals surface area contributed by atoms with E-state index in [1.165, 1.54) is 0 Å². The van der Waals surface area contributed by atoms with Gasteiger partial charge in [0.25, 0.3) is 0 Å². The van der Waals surface area contributed by atoms with Crippen molar-refractivity contribution in [3.8, 4) is 0 Å². The van der Waals surface area contributed by atoms with Crippen LogP contribution in [-0.2, 0) is 32.6 Å². The number of hydrogen-bond acceptors (Lipinski definition) is 4. The Labute approximate surface area is 238 Å². The number of nitrogens with one attached hydrogen (secondary N) is 1. The minimum Gasteiger partial charge on any atom is -0.352 e. The van der Waals surface area contributed by atoms with Crippen LogP contribution in [0.4, 0.5) is 5.69 Å². The zero-order chi connectivity index (χ0) is 28.7. The van der Waals surface area contributed by atoms with E-state index in [0.717, 1.165) is 58.5 Å². The molecule has 1 saturated carbocycles. The molecule has 0 saturated heterocycles. The molecule has 0 heterocycles. The fraction of sp³-hybridized carbons (Fsp3) is 0.375. The number of carbonyl (C=O) groups is 2. The summed E-state index contributed by atoms with van der Waals surface area (Å²) in [5.74, 6) is -0.643. The largest absolute Gasteiger partial charge is 0.352 e. The van der Waals surface area contributed by atoms with E-state index in [4.69, 9.17) is 0 Å². The molecule has 0 unspecified atom stereocenters. The van der Waals surface area contributed by atoms with Crippen LogP contribution in [-0.4, -0.2) is 50.0 Å². The number of nitrogens with zero attached hydrogens (tertiary/aromatic N) is 2. The Kier molecular flexibility index (Phi) is 9.63. The van der Waals surface area contributed by atoms with Gasteiger partial charge < -0.3 is 10.2 Å². The van der Waals surface area contributed by atoms with Gasteiger partial charge in [-0.3, -0.25) is 13.9 Å². The van der Waals surface area contributed by atoms with Crippen LogP contribution >= 0.6 is 0 Å². The van der Waals surface area contributed by atoms with E-state index in [-0.39, 0.29) is 18.5 Å². The van der Waals surface area contributed by atoms with Gasteiger partial charge in [0.05, 0.1) is 11.9 Å². The van der Waals surface area contributed by atoms with Crippen LogP contribution in [0.25, 0.3) is 0 Å². The lowest BCUT2D eigenvalue weighted by Gasteiger charge is -2.34. The zero-order valence-corrected chi connectivity index (χ0v) is 24.4. The van der Waals surface area contributed by atoms with Crippen molar-refractivity contribution in [3.05, 3.63) is 101 Å². The smallest absolute Gasteiger partial charge is 0.244 e. The number of aryl methyl sites for hydroxylation is 2. The Balaban J connectivity index is 1.72. The molecule has 1 aliphatic carbocycles. The second-order valence-corrected chi connectivity index (χ2v) is 12.7. The molecular formula is C32H39N3O4S. The number of anilines is 1. The van der Waals surface area contributed by atoms with Crippen LogP contribution in [0.5, 0.6) is 0 Å². The Bertz CT molecular complexity index is 1400. The molecule has 0 spiro atoms. The highest BCUT2D eigenvalue weighted by Gasteiger charge is 2.34. The lowest BCUT2D eigenvalue weighted by Crippen LogP contribution is -2.54. The molecule has 3 aromatic carbocycles. The van der Waals surface area contributed by atoms with E-state index in [0.29, 0.717) is 12.1 Å². The maximum absolute atomic E-state index is 14.2. The first-order valence-corrected chi connectivity index (χ1v) is 15.7. The zero-order valence-electron chi connectivity index (χ0n) is 23.5. The molecule has 40 heavy (non-hydrogen) atoms. The maximum atomic E-state index is 14.2. The van der Waals surface area contributed by atoms with Gasteiger partial charge in [-0.25, -0.2) is 8.42 Å². The van der Waals surface area contributed by atoms with Gasteiger partial charge in [-0.15, -0.1) is 0 Å². The number of amides is 2. The number of hydrogen-bond donors (Lipinski definition) is 1. The van der Waals surface area contributed by atoms with E-state index in [2.05, 4.69) is 5.32 Å². The molecule has 1 atom stereocenters. The monoisotopic (exact) mass is 561 g/mol. The van der Waals surface area contributed by atoms with E-state index < -0.39 is 28.5 Å². The first-order chi connectivity index (χ1) is 19.1. The normalized spacial score (nSPS) is 14.5. The number of carbonyl (C=O) groups excluding carboxylic acids is 2. The Hall–Kier alpha value is -3.65. The first-order valence-electron chi connectivity index (χ1n) is 13.8. The highest BCUT2D eigenvalue weighted by atomic mass is 32.2. The molecule has 1 aliphatic rings. The maximum Gasteiger partial charge on any atom is 0.244 e. The molecule has 0 radical (unpaired) electrons. The Morgan fingerprint density at radius 2 is 1.52 bits per heavy atom. The highest BCUT2D eigenvalue weighted by molar-refractivity contribution is 7.92. The molecule has 4 rings (SSSR count). The van der Waals surface area contributed by atoms with Gasteiger partial charge in [-0.2, -0.15) is 0 Å². The summed E-state index contributed by atoms with van der Waals surface area (Å²) in [5, 5.41) is 3.19. The summed E-state index contributed by atoms with van der Waals surface area (Å²) in [6, 6.07) is 23.7. The van der Waals surface area contributed by atoms with Gasteiger partial charge in [-0.1, -0.05) is 85.1 Å². The Morgan fingerprint density at radius 1 is 0.900 bits per heavy atom. The lowest BCUT2D eigenvalue weighted by atomic mass is 10.0. The predicted octanol–water partition coefficient (Wildman–Crippen LogP) is 4.77. The second kappa shape index (κ2) is 13.1. The molecule has 2 amide bonds. The minimum absolute atomic E-state index is 0.0845. The van der Waals surface area contributed by atoms with Crippen LogP contribution in [0.1, 0.15) is 47.9 Å². The third-order valence-corrected chi connectivity index (χ3v) is 8.72. The molecule has 0 bridgehead atoms. The van der Waals surface area contributed by atoms with Crippen molar-refractivity contribution >= 4 is 27.5 Å². The van der Waals surface area contributed by atoms with Crippen molar-refractivity contribution in [3.63, 3.8) is 0 Å². The SMILES string of the molecule is Cc1ccc(N(CC(=O)N(Cc2ccccc2C)[C@@H](Cc2ccccc2)C(=O)NC2CCCC2)S(C)(=O)=O)cc1. The lowest BCUT2D eigenvalue weighted by molar-refractivity contribution is -0.140. The van der Waals surface area contributed by atoms with E-state index in [1.54, 1.807) is 17.0 Å². The molecule has 0 aromatic heterocycles. The first kappa shape index (κ1) is 29.3.